The number of nitrogens with two attached hydrogens (primary N) is 1. The molecule has 1 unspecified atom stereocenters. The predicted octanol–water partition coefficient (Wildman–Crippen LogP) is 1.68. The van der Waals surface area contributed by atoms with E-state index >= 15 is 0 Å². The van der Waals surface area contributed by atoms with Crippen molar-refractivity contribution in [2.75, 3.05) is 18.0 Å². The van der Waals surface area contributed by atoms with E-state index in [1.54, 1.807) is 0 Å². The number of nitrogens with one attached hydrogen (secondary N) is 1. The van der Waals surface area contributed by atoms with E-state index in [1.165, 1.54) is 5.56 Å². The minimum Gasteiger partial charge on any atom is -0.358 e. The van der Waals surface area contributed by atoms with Crippen LogP contribution >= 0.6 is 0 Å². The van der Waals surface area contributed by atoms with Crippen LogP contribution in [0.4, 0.5) is 5.69 Å². The quantitative estimate of drug-likeness (QED) is 0.882. The van der Waals surface area contributed by atoms with Crippen molar-refractivity contribution in [1.82, 2.24) is 5.32 Å². The maximum Gasteiger partial charge on any atom is 0.239 e. The minimum absolute atomic E-state index is 0.0488. The van der Waals surface area contributed by atoms with Crippen LogP contribution in [0.5, 0.6) is 0 Å². The fraction of sp³-hybridized carbons (Fsp3) is 0.562. The van der Waals surface area contributed by atoms with Gasteiger partial charge < -0.3 is 16.0 Å². The highest BCUT2D eigenvalue weighted by atomic mass is 16.2. The summed E-state index contributed by atoms with van der Waals surface area (Å²) >= 11 is 0. The maximum atomic E-state index is 12.2. The van der Waals surface area contributed by atoms with Crippen molar-refractivity contribution in [3.05, 3.63) is 29.8 Å². The molecule has 4 nitrogen and oxygen atoms in total. The molecule has 0 saturated heterocycles. The Morgan fingerprint density at radius 3 is 2.75 bits per heavy atom. The molecule has 0 aromatic heterocycles. The Balaban J connectivity index is 2.17. The number of carbonyl (C=O) groups excluding carboxylic acids is 1. The highest BCUT2D eigenvalue weighted by Crippen LogP contribution is 2.29. The van der Waals surface area contributed by atoms with Gasteiger partial charge in [-0.25, -0.2) is 0 Å². The Bertz CT molecular complexity index is 479. The Morgan fingerprint density at radius 2 is 2.10 bits per heavy atom. The maximum absolute atomic E-state index is 12.2. The van der Waals surface area contributed by atoms with Crippen LogP contribution in [0.15, 0.2) is 24.3 Å². The minimum atomic E-state index is -0.204. The standard InChI is InChI=1S/C16H25N3O/c1-16(2,3)18-15(20)11-19-13(10-17)9-8-12-6-4-5-7-14(12)19/h4-7,13H,8-11,17H2,1-3H3,(H,18,20). The number of amides is 1. The summed E-state index contributed by atoms with van der Waals surface area (Å²) in [6, 6.07) is 8.54. The third kappa shape index (κ3) is 3.51. The van der Waals surface area contributed by atoms with Crippen LogP contribution < -0.4 is 16.0 Å². The average Bonchev–Trinajstić information content (AvgIpc) is 2.37. The molecule has 1 amide bonds. The number of rotatable bonds is 3. The summed E-state index contributed by atoms with van der Waals surface area (Å²) < 4.78 is 0. The molecule has 1 aromatic carbocycles. The van der Waals surface area contributed by atoms with Crippen molar-refractivity contribution in [3.8, 4) is 0 Å². The van der Waals surface area contributed by atoms with Gasteiger partial charge in [-0.3, -0.25) is 4.79 Å². The molecular weight excluding hydrogens is 250 g/mol. The van der Waals surface area contributed by atoms with Crippen LogP contribution in [0.25, 0.3) is 0 Å². The van der Waals surface area contributed by atoms with Crippen molar-refractivity contribution in [1.29, 1.82) is 0 Å². The molecule has 1 aromatic rings. The Kier molecular flexibility index (Phi) is 4.33. The number of anilines is 1. The molecule has 20 heavy (non-hydrogen) atoms. The first-order valence-corrected chi connectivity index (χ1v) is 7.26. The zero-order valence-corrected chi connectivity index (χ0v) is 12.6. The molecule has 0 radical (unpaired) electrons. The number of benzene rings is 1. The molecule has 1 heterocycles. The Hall–Kier alpha value is -1.55. The number of fused-ring (bicyclic) bond motifs is 1. The molecule has 0 bridgehead atoms. The van der Waals surface area contributed by atoms with E-state index in [4.69, 9.17) is 5.73 Å². The lowest BCUT2D eigenvalue weighted by Gasteiger charge is -2.38. The van der Waals surface area contributed by atoms with Gasteiger partial charge in [0.25, 0.3) is 0 Å². The largest absolute Gasteiger partial charge is 0.358 e. The van der Waals surface area contributed by atoms with Crippen molar-refractivity contribution in [2.24, 2.45) is 5.73 Å². The lowest BCUT2D eigenvalue weighted by atomic mass is 9.95. The highest BCUT2D eigenvalue weighted by Gasteiger charge is 2.27. The first-order valence-electron chi connectivity index (χ1n) is 7.26. The monoisotopic (exact) mass is 275 g/mol. The fourth-order valence-electron chi connectivity index (χ4n) is 2.75. The Labute approximate surface area is 121 Å². The summed E-state index contributed by atoms with van der Waals surface area (Å²) in [7, 11) is 0. The van der Waals surface area contributed by atoms with Crippen LogP contribution in [0.1, 0.15) is 32.8 Å². The van der Waals surface area contributed by atoms with Gasteiger partial charge in [-0.1, -0.05) is 18.2 Å². The van der Waals surface area contributed by atoms with Gasteiger partial charge in [-0.2, -0.15) is 0 Å². The van der Waals surface area contributed by atoms with E-state index in [2.05, 4.69) is 28.4 Å². The second kappa shape index (κ2) is 5.83. The van der Waals surface area contributed by atoms with E-state index in [0.717, 1.165) is 18.5 Å². The van der Waals surface area contributed by atoms with Gasteiger partial charge in [0.1, 0.15) is 0 Å². The number of para-hydroxylation sites is 1. The zero-order valence-electron chi connectivity index (χ0n) is 12.6. The third-order valence-corrected chi connectivity index (χ3v) is 3.59. The summed E-state index contributed by atoms with van der Waals surface area (Å²) in [6.45, 7) is 6.94. The molecular formula is C16H25N3O. The van der Waals surface area contributed by atoms with Gasteiger partial charge >= 0.3 is 0 Å². The molecule has 0 saturated carbocycles. The van der Waals surface area contributed by atoms with E-state index in [-0.39, 0.29) is 17.5 Å². The molecule has 2 rings (SSSR count). The van der Waals surface area contributed by atoms with Gasteiger partial charge in [-0.05, 0) is 45.2 Å². The molecule has 1 aliphatic rings. The van der Waals surface area contributed by atoms with Gasteiger partial charge in [0.15, 0.2) is 0 Å². The summed E-state index contributed by atoms with van der Waals surface area (Å²) in [5, 5.41) is 3.02. The molecule has 110 valence electrons. The molecule has 0 spiro atoms. The summed E-state index contributed by atoms with van der Waals surface area (Å²) in [6.07, 6.45) is 2.05. The van der Waals surface area contributed by atoms with Gasteiger partial charge in [0.05, 0.1) is 6.54 Å². The molecule has 0 aliphatic carbocycles. The SMILES string of the molecule is CC(C)(C)NC(=O)CN1c2ccccc2CCC1CN. The molecule has 1 aliphatic heterocycles. The fourth-order valence-corrected chi connectivity index (χ4v) is 2.75. The summed E-state index contributed by atoms with van der Waals surface area (Å²) in [5.41, 5.74) is 8.13. The van der Waals surface area contributed by atoms with Crippen LogP contribution in [0, 0.1) is 0 Å². The normalized spacial score (nSPS) is 18.6. The van der Waals surface area contributed by atoms with Crippen molar-refractivity contribution in [2.45, 2.75) is 45.2 Å². The van der Waals surface area contributed by atoms with E-state index in [0.29, 0.717) is 13.1 Å². The summed E-state index contributed by atoms with van der Waals surface area (Å²) in [4.78, 5) is 14.4. The first kappa shape index (κ1) is 14.9. The van der Waals surface area contributed by atoms with Crippen LogP contribution in [-0.4, -0.2) is 30.6 Å². The predicted molar refractivity (Wildman–Crippen MR) is 82.8 cm³/mol. The second-order valence-electron chi connectivity index (χ2n) is 6.48. The summed E-state index contributed by atoms with van der Waals surface area (Å²) in [5.74, 6) is 0.0488. The average molecular weight is 275 g/mol. The van der Waals surface area contributed by atoms with Crippen molar-refractivity contribution < 1.29 is 4.79 Å². The number of hydrogen-bond donors (Lipinski definition) is 2. The number of carbonyl (C=O) groups is 1. The van der Waals surface area contributed by atoms with Crippen molar-refractivity contribution in [3.63, 3.8) is 0 Å². The molecule has 3 N–H and O–H groups in total. The van der Waals surface area contributed by atoms with E-state index in [9.17, 15) is 4.79 Å². The second-order valence-corrected chi connectivity index (χ2v) is 6.48. The van der Waals surface area contributed by atoms with E-state index < -0.39 is 0 Å². The van der Waals surface area contributed by atoms with Gasteiger partial charge in [0.2, 0.25) is 5.91 Å². The van der Waals surface area contributed by atoms with Crippen LogP contribution in [0.2, 0.25) is 0 Å². The lowest BCUT2D eigenvalue weighted by molar-refractivity contribution is -0.121. The van der Waals surface area contributed by atoms with E-state index in [1.807, 2.05) is 26.8 Å². The topological polar surface area (TPSA) is 58.4 Å². The number of hydrogen-bond acceptors (Lipinski definition) is 3. The molecule has 1 atom stereocenters. The molecule has 0 fully saturated rings. The van der Waals surface area contributed by atoms with Crippen LogP contribution in [0.3, 0.4) is 0 Å². The van der Waals surface area contributed by atoms with Crippen LogP contribution in [-0.2, 0) is 11.2 Å². The smallest absolute Gasteiger partial charge is 0.239 e. The molecule has 4 heteroatoms. The van der Waals surface area contributed by atoms with Gasteiger partial charge in [0, 0.05) is 23.8 Å². The zero-order chi connectivity index (χ0) is 14.8. The number of aryl methyl sites for hydroxylation is 1. The lowest BCUT2D eigenvalue weighted by Crippen LogP contribution is -2.51. The van der Waals surface area contributed by atoms with Crippen molar-refractivity contribution >= 4 is 11.6 Å². The highest BCUT2D eigenvalue weighted by molar-refractivity contribution is 5.82. The number of nitrogens with zero attached hydrogens (tertiary/aromatic N) is 1. The Morgan fingerprint density at radius 1 is 1.40 bits per heavy atom. The first-order chi connectivity index (χ1) is 9.40. The third-order valence-electron chi connectivity index (χ3n) is 3.59. The van der Waals surface area contributed by atoms with Gasteiger partial charge in [-0.15, -0.1) is 0 Å².